The second kappa shape index (κ2) is 4.64. The minimum absolute atomic E-state index is 0.225. The van der Waals surface area contributed by atoms with E-state index in [4.69, 9.17) is 5.11 Å². The summed E-state index contributed by atoms with van der Waals surface area (Å²) in [6.07, 6.45) is 3.72. The predicted molar refractivity (Wildman–Crippen MR) is 71.0 cm³/mol. The second-order valence-electron chi connectivity index (χ2n) is 5.53. The number of benzene rings is 1. The topological polar surface area (TPSA) is 68.0 Å². The smallest absolute Gasteiger partial charge is 0.338 e. The molecule has 0 saturated heterocycles. The van der Waals surface area contributed by atoms with Gasteiger partial charge in [-0.2, -0.15) is 0 Å². The Labute approximate surface area is 111 Å². The van der Waals surface area contributed by atoms with Crippen molar-refractivity contribution in [2.24, 2.45) is 11.8 Å². The van der Waals surface area contributed by atoms with Crippen molar-refractivity contribution in [2.45, 2.75) is 32.7 Å². The minimum atomic E-state index is -0.952. The maximum absolute atomic E-state index is 11.1. The first-order valence-corrected chi connectivity index (χ1v) is 6.70. The third-order valence-corrected chi connectivity index (χ3v) is 4.01. The first kappa shape index (κ1) is 12.1. The van der Waals surface area contributed by atoms with Crippen LogP contribution in [0.3, 0.4) is 0 Å². The number of hydrogen-bond acceptors (Lipinski definition) is 3. The molecular weight excluding hydrogens is 242 g/mol. The lowest BCUT2D eigenvalue weighted by molar-refractivity contribution is 0.0699. The fourth-order valence-corrected chi connectivity index (χ4v) is 3.03. The average Bonchev–Trinajstić information content (AvgIpc) is 2.97. The SMILES string of the molecule is CC1CCC(Cn2nnc3c(C(=O)O)cccc32)C1. The first-order chi connectivity index (χ1) is 9.15. The van der Waals surface area contributed by atoms with Gasteiger partial charge in [0, 0.05) is 6.54 Å². The predicted octanol–water partition coefficient (Wildman–Crippen LogP) is 2.57. The molecule has 1 aromatic carbocycles. The molecule has 1 aliphatic carbocycles. The van der Waals surface area contributed by atoms with Gasteiger partial charge in [0.05, 0.1) is 11.1 Å². The normalized spacial score (nSPS) is 23.0. The Kier molecular flexibility index (Phi) is 2.97. The van der Waals surface area contributed by atoms with Gasteiger partial charge in [-0.25, -0.2) is 9.48 Å². The van der Waals surface area contributed by atoms with Crippen molar-refractivity contribution < 1.29 is 9.90 Å². The van der Waals surface area contributed by atoms with Crippen molar-refractivity contribution in [3.8, 4) is 0 Å². The van der Waals surface area contributed by atoms with Gasteiger partial charge in [0.15, 0.2) is 0 Å². The molecule has 0 spiro atoms. The zero-order chi connectivity index (χ0) is 13.4. The molecule has 2 atom stereocenters. The summed E-state index contributed by atoms with van der Waals surface area (Å²) in [5.74, 6) is 0.467. The van der Waals surface area contributed by atoms with E-state index in [0.29, 0.717) is 11.4 Å². The van der Waals surface area contributed by atoms with Gasteiger partial charge in [0.2, 0.25) is 0 Å². The molecule has 1 N–H and O–H groups in total. The number of rotatable bonds is 3. The largest absolute Gasteiger partial charge is 0.478 e. The van der Waals surface area contributed by atoms with E-state index in [1.165, 1.54) is 19.3 Å². The highest BCUT2D eigenvalue weighted by atomic mass is 16.4. The summed E-state index contributed by atoms with van der Waals surface area (Å²) in [6, 6.07) is 5.21. The van der Waals surface area contributed by atoms with Crippen molar-refractivity contribution in [3.05, 3.63) is 23.8 Å². The average molecular weight is 259 g/mol. The van der Waals surface area contributed by atoms with Crippen LogP contribution in [-0.4, -0.2) is 26.1 Å². The molecule has 0 amide bonds. The van der Waals surface area contributed by atoms with Crippen molar-refractivity contribution >= 4 is 17.0 Å². The van der Waals surface area contributed by atoms with Crippen LogP contribution in [0, 0.1) is 11.8 Å². The molecule has 5 heteroatoms. The van der Waals surface area contributed by atoms with Gasteiger partial charge >= 0.3 is 5.97 Å². The van der Waals surface area contributed by atoms with E-state index in [0.717, 1.165) is 18.0 Å². The fraction of sp³-hybridized carbons (Fsp3) is 0.500. The lowest BCUT2D eigenvalue weighted by Gasteiger charge is -2.09. The Balaban J connectivity index is 1.93. The summed E-state index contributed by atoms with van der Waals surface area (Å²) in [4.78, 5) is 11.1. The van der Waals surface area contributed by atoms with E-state index in [9.17, 15) is 4.79 Å². The molecule has 19 heavy (non-hydrogen) atoms. The van der Waals surface area contributed by atoms with Crippen molar-refractivity contribution in [1.29, 1.82) is 0 Å². The van der Waals surface area contributed by atoms with Crippen LogP contribution in [0.25, 0.3) is 11.0 Å². The van der Waals surface area contributed by atoms with Crippen LogP contribution in [0.5, 0.6) is 0 Å². The summed E-state index contributed by atoms with van der Waals surface area (Å²) < 4.78 is 1.85. The van der Waals surface area contributed by atoms with Gasteiger partial charge in [0.1, 0.15) is 5.52 Å². The summed E-state index contributed by atoms with van der Waals surface area (Å²) in [5.41, 5.74) is 1.53. The Morgan fingerprint density at radius 2 is 2.32 bits per heavy atom. The Morgan fingerprint density at radius 3 is 3.00 bits per heavy atom. The number of carboxylic acids is 1. The molecule has 0 bridgehead atoms. The molecule has 3 rings (SSSR count). The highest BCUT2D eigenvalue weighted by Gasteiger charge is 2.23. The Bertz CT molecular complexity index is 620. The van der Waals surface area contributed by atoms with Crippen molar-refractivity contribution in [1.82, 2.24) is 15.0 Å². The van der Waals surface area contributed by atoms with Crippen LogP contribution in [0.2, 0.25) is 0 Å². The van der Waals surface area contributed by atoms with Gasteiger partial charge in [-0.05, 0) is 36.8 Å². The standard InChI is InChI=1S/C14H17N3O2/c1-9-5-6-10(7-9)8-17-12-4-2-3-11(14(18)19)13(12)15-16-17/h2-4,9-10H,5-8H2,1H3,(H,18,19). The summed E-state index contributed by atoms with van der Waals surface area (Å²) in [6.45, 7) is 3.12. The number of hydrogen-bond donors (Lipinski definition) is 1. The van der Waals surface area contributed by atoms with E-state index in [-0.39, 0.29) is 5.56 Å². The number of fused-ring (bicyclic) bond motifs is 1. The molecule has 2 unspecified atom stereocenters. The van der Waals surface area contributed by atoms with Gasteiger partial charge in [-0.15, -0.1) is 5.10 Å². The Morgan fingerprint density at radius 1 is 1.47 bits per heavy atom. The zero-order valence-electron chi connectivity index (χ0n) is 10.9. The zero-order valence-corrected chi connectivity index (χ0v) is 10.9. The highest BCUT2D eigenvalue weighted by molar-refractivity contribution is 6.00. The third-order valence-electron chi connectivity index (χ3n) is 4.01. The molecule has 1 fully saturated rings. The number of nitrogens with zero attached hydrogens (tertiary/aromatic N) is 3. The van der Waals surface area contributed by atoms with E-state index in [1.807, 2.05) is 10.7 Å². The molecule has 1 aromatic heterocycles. The number of aromatic carboxylic acids is 1. The number of carboxylic acid groups (broad SMARTS) is 1. The van der Waals surface area contributed by atoms with Crippen LogP contribution in [0.4, 0.5) is 0 Å². The quantitative estimate of drug-likeness (QED) is 0.919. The lowest BCUT2D eigenvalue weighted by atomic mass is 10.1. The van der Waals surface area contributed by atoms with Crippen LogP contribution in [0.15, 0.2) is 18.2 Å². The number of carbonyl (C=O) groups is 1. The van der Waals surface area contributed by atoms with Crippen molar-refractivity contribution in [2.75, 3.05) is 0 Å². The molecule has 0 aliphatic heterocycles. The van der Waals surface area contributed by atoms with Gasteiger partial charge in [-0.1, -0.05) is 24.6 Å². The molecule has 0 radical (unpaired) electrons. The maximum Gasteiger partial charge on any atom is 0.338 e. The van der Waals surface area contributed by atoms with E-state index in [1.54, 1.807) is 12.1 Å². The molecule has 1 saturated carbocycles. The van der Waals surface area contributed by atoms with E-state index < -0.39 is 5.97 Å². The second-order valence-corrected chi connectivity index (χ2v) is 5.53. The maximum atomic E-state index is 11.1. The Hall–Kier alpha value is -1.91. The number of aromatic nitrogens is 3. The molecule has 5 nitrogen and oxygen atoms in total. The summed E-state index contributed by atoms with van der Waals surface area (Å²) in [7, 11) is 0. The summed E-state index contributed by atoms with van der Waals surface area (Å²) in [5, 5.41) is 17.3. The molecule has 2 aromatic rings. The van der Waals surface area contributed by atoms with Crippen LogP contribution in [0.1, 0.15) is 36.5 Å². The molecule has 1 heterocycles. The fourth-order valence-electron chi connectivity index (χ4n) is 3.03. The van der Waals surface area contributed by atoms with Gasteiger partial charge < -0.3 is 5.11 Å². The molecule has 1 aliphatic rings. The first-order valence-electron chi connectivity index (χ1n) is 6.70. The monoisotopic (exact) mass is 259 g/mol. The summed E-state index contributed by atoms with van der Waals surface area (Å²) >= 11 is 0. The third kappa shape index (κ3) is 2.20. The van der Waals surface area contributed by atoms with Crippen LogP contribution < -0.4 is 0 Å². The van der Waals surface area contributed by atoms with E-state index in [2.05, 4.69) is 17.2 Å². The molecule has 100 valence electrons. The minimum Gasteiger partial charge on any atom is -0.478 e. The highest BCUT2D eigenvalue weighted by Crippen LogP contribution is 2.31. The lowest BCUT2D eigenvalue weighted by Crippen LogP contribution is -2.09. The van der Waals surface area contributed by atoms with Gasteiger partial charge in [-0.3, -0.25) is 0 Å². The van der Waals surface area contributed by atoms with E-state index >= 15 is 0 Å². The van der Waals surface area contributed by atoms with Crippen molar-refractivity contribution in [3.63, 3.8) is 0 Å². The molecular formula is C14H17N3O2. The van der Waals surface area contributed by atoms with Crippen LogP contribution >= 0.6 is 0 Å². The van der Waals surface area contributed by atoms with Gasteiger partial charge in [0.25, 0.3) is 0 Å². The van der Waals surface area contributed by atoms with Crippen LogP contribution in [-0.2, 0) is 6.54 Å².